The van der Waals surface area contributed by atoms with Crippen molar-refractivity contribution in [2.24, 2.45) is 0 Å². The summed E-state index contributed by atoms with van der Waals surface area (Å²) in [6.07, 6.45) is 3.88. The van der Waals surface area contributed by atoms with Gasteiger partial charge in [0.25, 0.3) is 0 Å². The molecule has 1 aromatic carbocycles. The van der Waals surface area contributed by atoms with Crippen LogP contribution in [-0.2, 0) is 12.0 Å². The fourth-order valence-corrected chi connectivity index (χ4v) is 3.03. The fourth-order valence-electron chi connectivity index (χ4n) is 2.91. The van der Waals surface area contributed by atoms with E-state index in [4.69, 9.17) is 11.6 Å². The second kappa shape index (κ2) is 6.23. The van der Waals surface area contributed by atoms with E-state index in [0.29, 0.717) is 17.9 Å². The van der Waals surface area contributed by atoms with Crippen LogP contribution in [-0.4, -0.2) is 28.2 Å². The summed E-state index contributed by atoms with van der Waals surface area (Å²) >= 11 is 5.92. The molecular weight excluding hydrogens is 298 g/mol. The third-order valence-electron chi connectivity index (χ3n) is 4.37. The Balaban J connectivity index is 1.72. The van der Waals surface area contributed by atoms with Gasteiger partial charge in [-0.3, -0.25) is 0 Å². The van der Waals surface area contributed by atoms with E-state index in [1.54, 1.807) is 6.33 Å². The van der Waals surface area contributed by atoms with Crippen LogP contribution < -0.4 is 4.90 Å². The average molecular weight is 318 g/mol. The highest BCUT2D eigenvalue weighted by molar-refractivity contribution is 6.30. The van der Waals surface area contributed by atoms with Crippen LogP contribution in [0.3, 0.4) is 0 Å². The van der Waals surface area contributed by atoms with Crippen LogP contribution in [0.4, 0.5) is 5.82 Å². The number of piperidine rings is 1. The quantitative estimate of drug-likeness (QED) is 0.944. The Morgan fingerprint density at radius 2 is 1.86 bits per heavy atom. The standard InChI is InChI=1S/C17H20ClN3O/c1-2-15-11-16(20-12-19-15)21-9-7-17(22,8-10-21)13-3-5-14(18)6-4-13/h3-6,11-12,22H,2,7-10H2,1H3. The van der Waals surface area contributed by atoms with Crippen LogP contribution in [0.15, 0.2) is 36.7 Å². The first-order chi connectivity index (χ1) is 10.6. The van der Waals surface area contributed by atoms with Gasteiger partial charge in [-0.2, -0.15) is 0 Å². The minimum absolute atomic E-state index is 0.681. The summed E-state index contributed by atoms with van der Waals surface area (Å²) in [7, 11) is 0. The van der Waals surface area contributed by atoms with Crippen molar-refractivity contribution in [3.8, 4) is 0 Å². The van der Waals surface area contributed by atoms with Crippen molar-refractivity contribution in [3.63, 3.8) is 0 Å². The third kappa shape index (κ3) is 3.08. The van der Waals surface area contributed by atoms with Crippen molar-refractivity contribution in [1.82, 2.24) is 9.97 Å². The van der Waals surface area contributed by atoms with Gasteiger partial charge in [0.15, 0.2) is 0 Å². The topological polar surface area (TPSA) is 49.2 Å². The number of aromatic nitrogens is 2. The molecule has 4 nitrogen and oxygen atoms in total. The van der Waals surface area contributed by atoms with E-state index in [1.165, 1.54) is 0 Å². The summed E-state index contributed by atoms with van der Waals surface area (Å²) in [5.41, 5.74) is 1.21. The highest BCUT2D eigenvalue weighted by Crippen LogP contribution is 2.34. The summed E-state index contributed by atoms with van der Waals surface area (Å²) in [6.45, 7) is 3.64. The number of hydrogen-bond acceptors (Lipinski definition) is 4. The molecule has 1 saturated heterocycles. The number of nitrogens with zero attached hydrogens (tertiary/aromatic N) is 3. The van der Waals surface area contributed by atoms with Crippen LogP contribution in [0.1, 0.15) is 31.0 Å². The lowest BCUT2D eigenvalue weighted by molar-refractivity contribution is 0.0116. The number of anilines is 1. The van der Waals surface area contributed by atoms with Gasteiger partial charge in [-0.15, -0.1) is 0 Å². The highest BCUT2D eigenvalue weighted by atomic mass is 35.5. The van der Waals surface area contributed by atoms with Crippen molar-refractivity contribution in [2.45, 2.75) is 31.8 Å². The molecule has 1 N–H and O–H groups in total. The number of rotatable bonds is 3. The Morgan fingerprint density at radius 3 is 2.50 bits per heavy atom. The Hall–Kier alpha value is -1.65. The van der Waals surface area contributed by atoms with Crippen LogP contribution in [0, 0.1) is 0 Å². The van der Waals surface area contributed by atoms with E-state index in [0.717, 1.165) is 36.6 Å². The molecule has 1 aliphatic heterocycles. The van der Waals surface area contributed by atoms with Gasteiger partial charge in [-0.25, -0.2) is 9.97 Å². The molecule has 0 spiro atoms. The van der Waals surface area contributed by atoms with Gasteiger partial charge in [0, 0.05) is 29.9 Å². The maximum atomic E-state index is 10.9. The summed E-state index contributed by atoms with van der Waals surface area (Å²) < 4.78 is 0. The largest absolute Gasteiger partial charge is 0.385 e. The third-order valence-corrected chi connectivity index (χ3v) is 4.62. The Morgan fingerprint density at radius 1 is 1.18 bits per heavy atom. The van der Waals surface area contributed by atoms with Crippen LogP contribution in [0.2, 0.25) is 5.02 Å². The smallest absolute Gasteiger partial charge is 0.132 e. The van der Waals surface area contributed by atoms with Crippen molar-refractivity contribution < 1.29 is 5.11 Å². The Labute approximate surface area is 135 Å². The molecule has 1 fully saturated rings. The van der Waals surface area contributed by atoms with Crippen molar-refractivity contribution in [1.29, 1.82) is 0 Å². The van der Waals surface area contributed by atoms with Gasteiger partial charge in [0.2, 0.25) is 0 Å². The van der Waals surface area contributed by atoms with Gasteiger partial charge < -0.3 is 10.0 Å². The van der Waals surface area contributed by atoms with Gasteiger partial charge in [0.1, 0.15) is 12.1 Å². The van der Waals surface area contributed by atoms with Crippen molar-refractivity contribution in [3.05, 3.63) is 52.9 Å². The van der Waals surface area contributed by atoms with E-state index < -0.39 is 5.60 Å². The second-order valence-corrected chi connectivity index (χ2v) is 6.18. The minimum atomic E-state index is -0.776. The first-order valence-electron chi connectivity index (χ1n) is 7.65. The zero-order valence-electron chi connectivity index (χ0n) is 12.7. The summed E-state index contributed by atoms with van der Waals surface area (Å²) in [5, 5.41) is 11.6. The lowest BCUT2D eigenvalue weighted by Gasteiger charge is -2.39. The molecule has 0 amide bonds. The Kier molecular flexibility index (Phi) is 4.32. The zero-order valence-corrected chi connectivity index (χ0v) is 13.4. The number of halogens is 1. The first kappa shape index (κ1) is 15.3. The molecule has 0 radical (unpaired) electrons. The monoisotopic (exact) mass is 317 g/mol. The lowest BCUT2D eigenvalue weighted by Crippen LogP contribution is -2.43. The van der Waals surface area contributed by atoms with Gasteiger partial charge in [-0.05, 0) is 37.0 Å². The molecule has 0 bridgehead atoms. The van der Waals surface area contributed by atoms with Gasteiger partial charge in [-0.1, -0.05) is 30.7 Å². The fraction of sp³-hybridized carbons (Fsp3) is 0.412. The molecule has 22 heavy (non-hydrogen) atoms. The predicted molar refractivity (Wildman–Crippen MR) is 88.2 cm³/mol. The van der Waals surface area contributed by atoms with Gasteiger partial charge >= 0.3 is 0 Å². The number of aliphatic hydroxyl groups is 1. The average Bonchev–Trinajstić information content (AvgIpc) is 2.56. The summed E-state index contributed by atoms with van der Waals surface area (Å²) in [4.78, 5) is 10.8. The van der Waals surface area contributed by atoms with E-state index in [-0.39, 0.29) is 0 Å². The lowest BCUT2D eigenvalue weighted by atomic mass is 9.84. The maximum Gasteiger partial charge on any atom is 0.132 e. The molecule has 2 aromatic rings. The van der Waals surface area contributed by atoms with E-state index in [2.05, 4.69) is 21.8 Å². The molecular formula is C17H20ClN3O. The van der Waals surface area contributed by atoms with Crippen LogP contribution in [0.25, 0.3) is 0 Å². The number of aryl methyl sites for hydroxylation is 1. The Bertz CT molecular complexity index is 637. The van der Waals surface area contributed by atoms with E-state index in [1.807, 2.05) is 30.3 Å². The van der Waals surface area contributed by atoms with Crippen LogP contribution in [0.5, 0.6) is 0 Å². The van der Waals surface area contributed by atoms with E-state index >= 15 is 0 Å². The van der Waals surface area contributed by atoms with Crippen molar-refractivity contribution in [2.75, 3.05) is 18.0 Å². The molecule has 0 saturated carbocycles. The van der Waals surface area contributed by atoms with Gasteiger partial charge in [0.05, 0.1) is 5.60 Å². The maximum absolute atomic E-state index is 10.9. The summed E-state index contributed by atoms with van der Waals surface area (Å²) in [6, 6.07) is 9.53. The predicted octanol–water partition coefficient (Wildman–Crippen LogP) is 3.18. The first-order valence-corrected chi connectivity index (χ1v) is 8.03. The van der Waals surface area contributed by atoms with Crippen molar-refractivity contribution >= 4 is 17.4 Å². The van der Waals surface area contributed by atoms with E-state index in [9.17, 15) is 5.11 Å². The molecule has 1 aliphatic rings. The molecule has 3 rings (SSSR count). The number of hydrogen-bond donors (Lipinski definition) is 1. The molecule has 0 atom stereocenters. The molecule has 0 unspecified atom stereocenters. The molecule has 1 aromatic heterocycles. The van der Waals surface area contributed by atoms with Crippen LogP contribution >= 0.6 is 11.6 Å². The number of benzene rings is 1. The second-order valence-electron chi connectivity index (χ2n) is 5.75. The minimum Gasteiger partial charge on any atom is -0.385 e. The SMILES string of the molecule is CCc1cc(N2CCC(O)(c3ccc(Cl)cc3)CC2)ncn1. The molecule has 116 valence electrons. The highest BCUT2D eigenvalue weighted by Gasteiger charge is 2.34. The zero-order chi connectivity index (χ0) is 15.6. The molecule has 0 aliphatic carbocycles. The summed E-state index contributed by atoms with van der Waals surface area (Å²) in [5.74, 6) is 0.949. The molecule has 5 heteroatoms. The normalized spacial score (nSPS) is 17.5. The molecule has 2 heterocycles.